The molecule has 0 aliphatic heterocycles. The van der Waals surface area contributed by atoms with E-state index in [2.05, 4.69) is 4.98 Å². The lowest BCUT2D eigenvalue weighted by Gasteiger charge is -2.19. The minimum atomic E-state index is -1.36. The van der Waals surface area contributed by atoms with Gasteiger partial charge in [0.15, 0.2) is 0 Å². The third kappa shape index (κ3) is 2.97. The molecule has 0 bridgehead atoms. The number of benzene rings is 1. The monoisotopic (exact) mass is 287 g/mol. The Bertz CT molecular complexity index is 715. The van der Waals surface area contributed by atoms with Crippen LogP contribution in [0.3, 0.4) is 0 Å². The zero-order valence-corrected chi connectivity index (χ0v) is 11.5. The van der Waals surface area contributed by atoms with E-state index >= 15 is 0 Å². The molecule has 1 aromatic heterocycles. The molecule has 1 N–H and O–H groups in total. The van der Waals surface area contributed by atoms with Crippen molar-refractivity contribution in [1.29, 1.82) is 0 Å². The van der Waals surface area contributed by atoms with Crippen LogP contribution in [-0.2, 0) is 0 Å². The molecule has 1 heterocycles. The van der Waals surface area contributed by atoms with Gasteiger partial charge in [-0.1, -0.05) is 12.1 Å². The predicted molar refractivity (Wildman–Crippen MR) is 77.1 cm³/mol. The number of aromatic carboxylic acids is 1. The van der Waals surface area contributed by atoms with Crippen LogP contribution in [0.15, 0.2) is 36.5 Å². The summed E-state index contributed by atoms with van der Waals surface area (Å²) < 4.78 is 0. The number of carboxylic acids is 1. The molecule has 0 radical (unpaired) electrons. The van der Waals surface area contributed by atoms with Gasteiger partial charge >= 0.3 is 11.7 Å². The highest BCUT2D eigenvalue weighted by Gasteiger charge is 2.22. The van der Waals surface area contributed by atoms with Gasteiger partial charge in [-0.2, -0.15) is 0 Å². The van der Waals surface area contributed by atoms with Crippen molar-refractivity contribution in [3.05, 3.63) is 57.8 Å². The smallest absolute Gasteiger partial charge is 0.342 e. The van der Waals surface area contributed by atoms with E-state index in [1.54, 1.807) is 11.9 Å². The molecule has 0 amide bonds. The highest BCUT2D eigenvalue weighted by atomic mass is 16.6. The molecule has 0 aliphatic rings. The van der Waals surface area contributed by atoms with Crippen molar-refractivity contribution in [3.8, 4) is 0 Å². The lowest BCUT2D eigenvalue weighted by molar-refractivity contribution is -0.385. The molecule has 21 heavy (non-hydrogen) atoms. The van der Waals surface area contributed by atoms with E-state index in [4.69, 9.17) is 5.11 Å². The van der Waals surface area contributed by atoms with Gasteiger partial charge in [-0.3, -0.25) is 10.1 Å². The van der Waals surface area contributed by atoms with Gasteiger partial charge in [-0.05, 0) is 24.6 Å². The zero-order chi connectivity index (χ0) is 15.6. The second-order valence-electron chi connectivity index (χ2n) is 4.52. The van der Waals surface area contributed by atoms with Gasteiger partial charge in [0.2, 0.25) is 0 Å². The number of hydrogen-bond acceptors (Lipinski definition) is 5. The Kier molecular flexibility index (Phi) is 3.84. The number of aryl methyl sites for hydroxylation is 1. The second kappa shape index (κ2) is 5.58. The molecule has 108 valence electrons. The Morgan fingerprint density at radius 3 is 2.67 bits per heavy atom. The summed E-state index contributed by atoms with van der Waals surface area (Å²) >= 11 is 0. The number of rotatable bonds is 4. The van der Waals surface area contributed by atoms with Gasteiger partial charge in [-0.15, -0.1) is 0 Å². The van der Waals surface area contributed by atoms with E-state index < -0.39 is 16.6 Å². The molecule has 7 heteroatoms. The standard InChI is InChI=1S/C14H13N3O4/c1-9-4-3-5-10(6-9)16(2)13-7-11(14(18)19)12(8-15-13)17(20)21/h3-8H,1-2H3,(H,18,19). The van der Waals surface area contributed by atoms with E-state index in [0.29, 0.717) is 5.82 Å². The molecule has 0 spiro atoms. The zero-order valence-electron chi connectivity index (χ0n) is 11.5. The van der Waals surface area contributed by atoms with Crippen molar-refractivity contribution in [2.75, 3.05) is 11.9 Å². The predicted octanol–water partition coefficient (Wildman–Crippen LogP) is 2.76. The third-order valence-electron chi connectivity index (χ3n) is 3.03. The summed E-state index contributed by atoms with van der Waals surface area (Å²) in [7, 11) is 1.72. The summed E-state index contributed by atoms with van der Waals surface area (Å²) in [5.74, 6) is -1.04. The van der Waals surface area contributed by atoms with Gasteiger partial charge in [0, 0.05) is 18.8 Å². The lowest BCUT2D eigenvalue weighted by atomic mass is 10.2. The number of carbonyl (C=O) groups is 1. The first-order valence-corrected chi connectivity index (χ1v) is 6.08. The van der Waals surface area contributed by atoms with Crippen LogP contribution in [0.5, 0.6) is 0 Å². The number of hydrogen-bond donors (Lipinski definition) is 1. The molecule has 0 atom stereocenters. The summed E-state index contributed by atoms with van der Waals surface area (Å²) in [5, 5.41) is 19.9. The number of nitro groups is 1. The topological polar surface area (TPSA) is 96.6 Å². The fourth-order valence-electron chi connectivity index (χ4n) is 1.91. The van der Waals surface area contributed by atoms with Crippen LogP contribution < -0.4 is 4.90 Å². The van der Waals surface area contributed by atoms with Crippen LogP contribution in [0.25, 0.3) is 0 Å². The van der Waals surface area contributed by atoms with Gasteiger partial charge in [0.05, 0.1) is 4.92 Å². The highest BCUT2D eigenvalue weighted by molar-refractivity contribution is 5.93. The van der Waals surface area contributed by atoms with E-state index in [1.807, 2.05) is 31.2 Å². The largest absolute Gasteiger partial charge is 0.477 e. The normalized spacial score (nSPS) is 10.2. The number of aromatic nitrogens is 1. The lowest BCUT2D eigenvalue weighted by Crippen LogP contribution is -2.13. The third-order valence-corrected chi connectivity index (χ3v) is 3.03. The fourth-order valence-corrected chi connectivity index (χ4v) is 1.91. The van der Waals surface area contributed by atoms with Crippen LogP contribution in [0.1, 0.15) is 15.9 Å². The Balaban J connectivity index is 2.47. The fraction of sp³-hybridized carbons (Fsp3) is 0.143. The van der Waals surface area contributed by atoms with Crippen LogP contribution in [0.2, 0.25) is 0 Å². The molecular formula is C14H13N3O4. The minimum Gasteiger partial charge on any atom is -0.477 e. The number of pyridine rings is 1. The van der Waals surface area contributed by atoms with Gasteiger partial charge in [-0.25, -0.2) is 9.78 Å². The molecule has 0 fully saturated rings. The minimum absolute atomic E-state index is 0.323. The van der Waals surface area contributed by atoms with E-state index in [1.165, 1.54) is 6.07 Å². The van der Waals surface area contributed by atoms with Gasteiger partial charge in [0.1, 0.15) is 17.6 Å². The Labute approximate surface area is 120 Å². The van der Waals surface area contributed by atoms with Crippen molar-refractivity contribution in [2.24, 2.45) is 0 Å². The number of carboxylic acid groups (broad SMARTS) is 1. The van der Waals surface area contributed by atoms with Crippen molar-refractivity contribution in [1.82, 2.24) is 4.98 Å². The Morgan fingerprint density at radius 2 is 2.10 bits per heavy atom. The van der Waals surface area contributed by atoms with Crippen LogP contribution in [0, 0.1) is 17.0 Å². The average molecular weight is 287 g/mol. The van der Waals surface area contributed by atoms with E-state index in [0.717, 1.165) is 17.4 Å². The number of anilines is 2. The highest BCUT2D eigenvalue weighted by Crippen LogP contribution is 2.26. The molecule has 1 aromatic carbocycles. The molecule has 0 saturated heterocycles. The number of nitrogens with zero attached hydrogens (tertiary/aromatic N) is 3. The first-order valence-electron chi connectivity index (χ1n) is 6.08. The first-order chi connectivity index (χ1) is 9.90. The molecule has 7 nitrogen and oxygen atoms in total. The second-order valence-corrected chi connectivity index (χ2v) is 4.52. The summed E-state index contributed by atoms with van der Waals surface area (Å²) in [6, 6.07) is 8.75. The summed E-state index contributed by atoms with van der Waals surface area (Å²) in [6.07, 6.45) is 0.963. The van der Waals surface area contributed by atoms with Crippen LogP contribution in [-0.4, -0.2) is 28.0 Å². The Hall–Kier alpha value is -2.96. The summed E-state index contributed by atoms with van der Waals surface area (Å²) in [5.41, 5.74) is 0.945. The summed E-state index contributed by atoms with van der Waals surface area (Å²) in [6.45, 7) is 1.93. The SMILES string of the molecule is Cc1cccc(N(C)c2cc(C(=O)O)c([N+](=O)[O-])cn2)c1. The van der Waals surface area contributed by atoms with E-state index in [9.17, 15) is 14.9 Å². The van der Waals surface area contributed by atoms with E-state index in [-0.39, 0.29) is 5.56 Å². The molecule has 2 aromatic rings. The maximum absolute atomic E-state index is 11.1. The first kappa shape index (κ1) is 14.4. The van der Waals surface area contributed by atoms with Crippen molar-refractivity contribution >= 4 is 23.2 Å². The molecule has 0 unspecified atom stereocenters. The maximum atomic E-state index is 11.1. The molecule has 2 rings (SSSR count). The van der Waals surface area contributed by atoms with Crippen LogP contribution >= 0.6 is 0 Å². The van der Waals surface area contributed by atoms with Gasteiger partial charge < -0.3 is 10.0 Å². The molecular weight excluding hydrogens is 274 g/mol. The molecule has 0 aliphatic carbocycles. The van der Waals surface area contributed by atoms with Crippen molar-refractivity contribution < 1.29 is 14.8 Å². The van der Waals surface area contributed by atoms with Crippen molar-refractivity contribution in [3.63, 3.8) is 0 Å². The summed E-state index contributed by atoms with van der Waals surface area (Å²) in [4.78, 5) is 26.8. The maximum Gasteiger partial charge on any atom is 0.342 e. The van der Waals surface area contributed by atoms with Crippen LogP contribution in [0.4, 0.5) is 17.2 Å². The molecule has 0 saturated carbocycles. The van der Waals surface area contributed by atoms with Gasteiger partial charge in [0.25, 0.3) is 0 Å². The quantitative estimate of drug-likeness (QED) is 0.686. The average Bonchev–Trinajstić information content (AvgIpc) is 2.45. The Morgan fingerprint density at radius 1 is 1.38 bits per heavy atom. The van der Waals surface area contributed by atoms with Crippen molar-refractivity contribution in [2.45, 2.75) is 6.92 Å².